The lowest BCUT2D eigenvalue weighted by Crippen LogP contribution is -2.76. The van der Waals surface area contributed by atoms with E-state index < -0.39 is 23.2 Å². The molecule has 0 spiro atoms. The molecule has 0 unspecified atom stereocenters. The number of aliphatic hydroxyl groups excluding tert-OH is 1. The normalized spacial score (nSPS) is 38.1. The maximum atomic E-state index is 12.6. The fourth-order valence-electron chi connectivity index (χ4n) is 6.59. The molecule has 170 valence electrons. The minimum atomic E-state index is -1.05. The van der Waals surface area contributed by atoms with Gasteiger partial charge in [-0.15, -0.1) is 0 Å². The predicted octanol–water partition coefficient (Wildman–Crippen LogP) is 2.09. The number of nitrogens with one attached hydrogen (secondary N) is 1. The largest absolute Gasteiger partial charge is 0.508 e. The molecule has 2 bridgehead atoms. The van der Waals surface area contributed by atoms with Gasteiger partial charge in [-0.3, -0.25) is 9.69 Å². The van der Waals surface area contributed by atoms with Gasteiger partial charge in [-0.1, -0.05) is 19.9 Å². The average Bonchev–Trinajstić information content (AvgIpc) is 3.55. The molecule has 1 aromatic rings. The Balaban J connectivity index is 1.53. The van der Waals surface area contributed by atoms with Gasteiger partial charge in [0.1, 0.15) is 5.75 Å². The molecule has 5 rings (SSSR count). The van der Waals surface area contributed by atoms with E-state index in [2.05, 4.69) is 10.2 Å². The van der Waals surface area contributed by atoms with Crippen molar-refractivity contribution in [3.63, 3.8) is 0 Å². The molecule has 0 aromatic heterocycles. The third kappa shape index (κ3) is 3.30. The third-order valence-corrected chi connectivity index (χ3v) is 8.80. The van der Waals surface area contributed by atoms with E-state index in [1.54, 1.807) is 12.1 Å². The van der Waals surface area contributed by atoms with Crippen molar-refractivity contribution in [1.29, 1.82) is 0 Å². The standard InChI is InChI=1S/C25H36N2O4/c1-3-15(2)23(30)26-20-12-25(31)22-10-17-6-7-18(28)11-19(17)24(25,13-21(20)29)8-9-27(22)14-16-4-5-16/h6-7,11,15-16,20-22,28-29,31H,3-5,8-10,12-14H2,1-2H3,(H,26,30)/t15-,20-,21+,22+,24+,25+/m0/s1. The molecule has 1 aliphatic heterocycles. The summed E-state index contributed by atoms with van der Waals surface area (Å²) in [7, 11) is 0. The zero-order valence-corrected chi connectivity index (χ0v) is 18.7. The van der Waals surface area contributed by atoms with E-state index in [0.717, 1.165) is 43.8 Å². The van der Waals surface area contributed by atoms with Gasteiger partial charge >= 0.3 is 0 Å². The molecule has 4 N–H and O–H groups in total. The van der Waals surface area contributed by atoms with E-state index in [9.17, 15) is 20.1 Å². The lowest BCUT2D eigenvalue weighted by molar-refractivity contribution is -0.190. The first-order valence-corrected chi connectivity index (χ1v) is 12.0. The van der Waals surface area contributed by atoms with Gasteiger partial charge in [-0.25, -0.2) is 0 Å². The fourth-order valence-corrected chi connectivity index (χ4v) is 6.59. The van der Waals surface area contributed by atoms with E-state index in [1.807, 2.05) is 19.9 Å². The summed E-state index contributed by atoms with van der Waals surface area (Å²) in [4.78, 5) is 15.1. The molecule has 6 nitrogen and oxygen atoms in total. The van der Waals surface area contributed by atoms with Crippen LogP contribution in [0.25, 0.3) is 0 Å². The Kier molecular flexibility index (Phi) is 5.11. The van der Waals surface area contributed by atoms with E-state index in [4.69, 9.17) is 0 Å². The van der Waals surface area contributed by atoms with Crippen molar-refractivity contribution in [3.05, 3.63) is 29.3 Å². The number of fused-ring (bicyclic) bond motifs is 1. The van der Waals surface area contributed by atoms with Gasteiger partial charge in [0.25, 0.3) is 0 Å². The van der Waals surface area contributed by atoms with Crippen LogP contribution in [0.2, 0.25) is 0 Å². The Morgan fingerprint density at radius 2 is 2.10 bits per heavy atom. The summed E-state index contributed by atoms with van der Waals surface area (Å²) in [6.07, 6.45) is 4.79. The lowest BCUT2D eigenvalue weighted by atomic mass is 9.48. The predicted molar refractivity (Wildman–Crippen MR) is 118 cm³/mol. The smallest absolute Gasteiger partial charge is 0.223 e. The first-order chi connectivity index (χ1) is 14.8. The molecule has 6 heteroatoms. The maximum absolute atomic E-state index is 12.6. The number of rotatable bonds is 5. The fraction of sp³-hybridized carbons (Fsp3) is 0.720. The summed E-state index contributed by atoms with van der Waals surface area (Å²) >= 11 is 0. The number of benzene rings is 1. The summed E-state index contributed by atoms with van der Waals surface area (Å²) in [6, 6.07) is 5.03. The number of likely N-dealkylation sites (tertiary alicyclic amines) is 1. The summed E-state index contributed by atoms with van der Waals surface area (Å²) < 4.78 is 0. The Morgan fingerprint density at radius 1 is 1.32 bits per heavy atom. The van der Waals surface area contributed by atoms with Gasteiger partial charge in [0.15, 0.2) is 0 Å². The molecule has 6 atom stereocenters. The number of carbonyl (C=O) groups excluding carboxylic acids is 1. The summed E-state index contributed by atoms with van der Waals surface area (Å²) in [6.45, 7) is 5.79. The van der Waals surface area contributed by atoms with E-state index in [-0.39, 0.29) is 23.6 Å². The highest BCUT2D eigenvalue weighted by Crippen LogP contribution is 2.58. The van der Waals surface area contributed by atoms with Crippen molar-refractivity contribution in [2.75, 3.05) is 13.1 Å². The Bertz CT molecular complexity index is 871. The topological polar surface area (TPSA) is 93.0 Å². The number of nitrogens with zero attached hydrogens (tertiary/aromatic N) is 1. The van der Waals surface area contributed by atoms with Crippen LogP contribution >= 0.6 is 0 Å². The lowest BCUT2D eigenvalue weighted by Gasteiger charge is -2.65. The zero-order chi connectivity index (χ0) is 22.0. The van der Waals surface area contributed by atoms with Gasteiger partial charge in [0, 0.05) is 30.3 Å². The van der Waals surface area contributed by atoms with Gasteiger partial charge in [0.05, 0.1) is 17.7 Å². The molecule has 2 saturated carbocycles. The highest BCUT2D eigenvalue weighted by atomic mass is 16.3. The summed E-state index contributed by atoms with van der Waals surface area (Å²) in [5.74, 6) is 0.760. The van der Waals surface area contributed by atoms with Crippen molar-refractivity contribution >= 4 is 5.91 Å². The second kappa shape index (κ2) is 7.46. The van der Waals surface area contributed by atoms with Crippen molar-refractivity contribution < 1.29 is 20.1 Å². The number of aliphatic hydroxyl groups is 2. The quantitative estimate of drug-likeness (QED) is 0.576. The molecular formula is C25H36N2O4. The van der Waals surface area contributed by atoms with E-state index in [1.165, 1.54) is 18.4 Å². The first-order valence-electron chi connectivity index (χ1n) is 12.0. The SMILES string of the molecule is CC[C@H](C)C(=O)N[C@H]1C[C@@]2(O)[C@H]3Cc4ccc(O)cc4[C@@]2(CCN3CC2CC2)C[C@H]1O. The molecule has 3 fully saturated rings. The van der Waals surface area contributed by atoms with Gasteiger partial charge in [0.2, 0.25) is 5.91 Å². The van der Waals surface area contributed by atoms with Crippen LogP contribution in [0.4, 0.5) is 0 Å². The number of piperidine rings is 1. The van der Waals surface area contributed by atoms with Gasteiger partial charge in [-0.05, 0) is 74.2 Å². The van der Waals surface area contributed by atoms with E-state index in [0.29, 0.717) is 12.8 Å². The Hall–Kier alpha value is -1.63. The number of aromatic hydroxyl groups is 1. The summed E-state index contributed by atoms with van der Waals surface area (Å²) in [5.41, 5.74) is 0.513. The molecule has 1 amide bonds. The molecule has 1 aromatic carbocycles. The average molecular weight is 429 g/mol. The van der Waals surface area contributed by atoms with Gasteiger partial charge < -0.3 is 20.6 Å². The van der Waals surface area contributed by atoms with Crippen LogP contribution in [-0.2, 0) is 16.6 Å². The highest BCUT2D eigenvalue weighted by molar-refractivity contribution is 5.78. The number of phenols is 1. The first kappa shape index (κ1) is 21.2. The van der Waals surface area contributed by atoms with Crippen LogP contribution < -0.4 is 5.32 Å². The van der Waals surface area contributed by atoms with Crippen LogP contribution in [0.1, 0.15) is 63.5 Å². The van der Waals surface area contributed by atoms with Crippen LogP contribution in [0.3, 0.4) is 0 Å². The third-order valence-electron chi connectivity index (χ3n) is 8.80. The second-order valence-corrected chi connectivity index (χ2v) is 10.7. The molecule has 0 radical (unpaired) electrons. The monoisotopic (exact) mass is 428 g/mol. The zero-order valence-electron chi connectivity index (χ0n) is 18.7. The summed E-state index contributed by atoms with van der Waals surface area (Å²) in [5, 5.41) is 36.9. The highest BCUT2D eigenvalue weighted by Gasteiger charge is 2.66. The minimum absolute atomic E-state index is 0.0330. The Morgan fingerprint density at radius 3 is 2.81 bits per heavy atom. The van der Waals surface area contributed by atoms with Crippen LogP contribution in [0.15, 0.2) is 18.2 Å². The number of phenolic OH excluding ortho intramolecular Hbond substituents is 1. The molecule has 1 saturated heterocycles. The molecule has 1 heterocycles. The minimum Gasteiger partial charge on any atom is -0.508 e. The van der Waals surface area contributed by atoms with Gasteiger partial charge in [-0.2, -0.15) is 0 Å². The van der Waals surface area contributed by atoms with Crippen molar-refractivity contribution in [3.8, 4) is 5.75 Å². The van der Waals surface area contributed by atoms with Crippen LogP contribution in [-0.4, -0.2) is 63.0 Å². The number of carbonyl (C=O) groups is 1. The number of hydrogen-bond acceptors (Lipinski definition) is 5. The molecule has 3 aliphatic carbocycles. The number of hydrogen-bond donors (Lipinski definition) is 4. The van der Waals surface area contributed by atoms with Crippen molar-refractivity contribution in [2.24, 2.45) is 11.8 Å². The van der Waals surface area contributed by atoms with Crippen LogP contribution in [0.5, 0.6) is 5.75 Å². The molecule has 4 aliphatic rings. The van der Waals surface area contributed by atoms with Crippen LogP contribution in [0, 0.1) is 11.8 Å². The number of amides is 1. The molecular weight excluding hydrogens is 392 g/mol. The van der Waals surface area contributed by atoms with Crippen molar-refractivity contribution in [1.82, 2.24) is 10.2 Å². The van der Waals surface area contributed by atoms with Crippen molar-refractivity contribution in [2.45, 2.75) is 88.0 Å². The Labute approximate surface area is 184 Å². The van der Waals surface area contributed by atoms with E-state index >= 15 is 0 Å². The maximum Gasteiger partial charge on any atom is 0.223 e. The molecule has 31 heavy (non-hydrogen) atoms. The second-order valence-electron chi connectivity index (χ2n) is 10.7.